The Morgan fingerprint density at radius 3 is 2.78 bits per heavy atom. The molecule has 5 heteroatoms. The van der Waals surface area contributed by atoms with Gasteiger partial charge in [-0.3, -0.25) is 4.79 Å². The van der Waals surface area contributed by atoms with E-state index in [1.165, 1.54) is 17.0 Å². The van der Waals surface area contributed by atoms with E-state index in [4.69, 9.17) is 5.73 Å². The van der Waals surface area contributed by atoms with Crippen molar-refractivity contribution in [1.82, 2.24) is 0 Å². The van der Waals surface area contributed by atoms with Crippen molar-refractivity contribution in [3.05, 3.63) is 29.3 Å². The van der Waals surface area contributed by atoms with Gasteiger partial charge < -0.3 is 10.6 Å². The molecule has 0 spiro atoms. The summed E-state index contributed by atoms with van der Waals surface area (Å²) in [4.78, 5) is 13.0. The van der Waals surface area contributed by atoms with E-state index in [9.17, 15) is 13.6 Å². The second-order valence-corrected chi connectivity index (χ2v) is 4.54. The number of aryl methyl sites for hydroxylation is 1. The Bertz CT molecular complexity index is 474. The Balaban J connectivity index is 2.36. The molecular weight excluding hydrogens is 238 g/mol. The number of benzene rings is 1. The Kier molecular flexibility index (Phi) is 3.34. The third kappa shape index (κ3) is 2.22. The maximum absolute atomic E-state index is 13.7. The van der Waals surface area contributed by atoms with Crippen LogP contribution in [-0.2, 0) is 17.1 Å². The van der Waals surface area contributed by atoms with E-state index in [-0.39, 0.29) is 24.4 Å². The first-order chi connectivity index (χ1) is 8.45. The molecule has 1 aliphatic rings. The van der Waals surface area contributed by atoms with Crippen LogP contribution >= 0.6 is 0 Å². The van der Waals surface area contributed by atoms with Crippen molar-refractivity contribution in [3.63, 3.8) is 0 Å². The summed E-state index contributed by atoms with van der Waals surface area (Å²) < 4.78 is 27.5. The van der Waals surface area contributed by atoms with Crippen molar-refractivity contribution in [1.29, 1.82) is 0 Å². The lowest BCUT2D eigenvalue weighted by Crippen LogP contribution is -2.31. The number of anilines is 1. The van der Waals surface area contributed by atoms with E-state index in [0.29, 0.717) is 12.8 Å². The first-order valence-corrected chi connectivity index (χ1v) is 5.93. The Labute approximate surface area is 105 Å². The molecule has 18 heavy (non-hydrogen) atoms. The predicted octanol–water partition coefficient (Wildman–Crippen LogP) is 2.04. The van der Waals surface area contributed by atoms with Crippen LogP contribution in [0.2, 0.25) is 0 Å². The number of amides is 1. The van der Waals surface area contributed by atoms with Crippen molar-refractivity contribution in [3.8, 4) is 0 Å². The molecule has 1 amide bonds. The fourth-order valence-electron chi connectivity index (χ4n) is 2.21. The summed E-state index contributed by atoms with van der Waals surface area (Å²) in [5.74, 6) is -2.88. The molecule has 2 rings (SSSR count). The highest BCUT2D eigenvalue weighted by molar-refractivity contribution is 5.95. The van der Waals surface area contributed by atoms with Gasteiger partial charge in [0, 0.05) is 31.1 Å². The zero-order chi connectivity index (χ0) is 13.3. The Morgan fingerprint density at radius 1 is 1.39 bits per heavy atom. The van der Waals surface area contributed by atoms with E-state index in [2.05, 4.69) is 0 Å². The summed E-state index contributed by atoms with van der Waals surface area (Å²) in [5.41, 5.74) is 6.70. The first-order valence-electron chi connectivity index (χ1n) is 5.93. The summed E-state index contributed by atoms with van der Waals surface area (Å²) in [6.07, 6.45) is 0.529. The SMILES string of the molecule is CN1C(=O)CCc2cc(C(F)(F)CCN)ccc21. The molecule has 1 aromatic rings. The molecule has 3 nitrogen and oxygen atoms in total. The molecule has 0 atom stereocenters. The van der Waals surface area contributed by atoms with E-state index < -0.39 is 5.92 Å². The van der Waals surface area contributed by atoms with Gasteiger partial charge >= 0.3 is 0 Å². The van der Waals surface area contributed by atoms with Gasteiger partial charge in [-0.25, -0.2) is 8.78 Å². The zero-order valence-corrected chi connectivity index (χ0v) is 10.2. The zero-order valence-electron chi connectivity index (χ0n) is 10.2. The monoisotopic (exact) mass is 254 g/mol. The Hall–Kier alpha value is -1.49. The largest absolute Gasteiger partial charge is 0.330 e. The standard InChI is InChI=1S/C13H16F2N2O/c1-17-11-4-3-10(13(14,15)6-7-16)8-9(11)2-5-12(17)18/h3-4,8H,2,5-7,16H2,1H3. The van der Waals surface area contributed by atoms with Gasteiger partial charge in [-0.05, 0) is 30.7 Å². The maximum atomic E-state index is 13.7. The average Bonchev–Trinajstić information content (AvgIpc) is 2.33. The van der Waals surface area contributed by atoms with Crippen LogP contribution in [0.5, 0.6) is 0 Å². The van der Waals surface area contributed by atoms with Gasteiger partial charge in [0.1, 0.15) is 0 Å². The number of hydrogen-bond donors (Lipinski definition) is 1. The van der Waals surface area contributed by atoms with Crippen LogP contribution < -0.4 is 10.6 Å². The molecule has 1 aliphatic heterocycles. The summed E-state index contributed by atoms with van der Waals surface area (Å²) in [6.45, 7) is -0.0531. The molecule has 0 unspecified atom stereocenters. The van der Waals surface area contributed by atoms with E-state index in [1.54, 1.807) is 13.1 Å². The number of fused-ring (bicyclic) bond motifs is 1. The number of alkyl halides is 2. The van der Waals surface area contributed by atoms with Gasteiger partial charge in [0.05, 0.1) is 0 Å². The predicted molar refractivity (Wildman–Crippen MR) is 65.7 cm³/mol. The van der Waals surface area contributed by atoms with Crippen LogP contribution in [0.4, 0.5) is 14.5 Å². The quantitative estimate of drug-likeness (QED) is 0.897. The van der Waals surface area contributed by atoms with Crippen LogP contribution in [0, 0.1) is 0 Å². The molecule has 0 aliphatic carbocycles. The Morgan fingerprint density at radius 2 is 2.11 bits per heavy atom. The second-order valence-electron chi connectivity index (χ2n) is 4.54. The summed E-state index contributed by atoms with van der Waals surface area (Å²) >= 11 is 0. The summed E-state index contributed by atoms with van der Waals surface area (Å²) in [6, 6.07) is 4.46. The number of nitrogens with two attached hydrogens (primary N) is 1. The third-order valence-electron chi connectivity index (χ3n) is 3.30. The fourth-order valence-corrected chi connectivity index (χ4v) is 2.21. The number of rotatable bonds is 3. The molecule has 98 valence electrons. The minimum Gasteiger partial charge on any atom is -0.330 e. The van der Waals surface area contributed by atoms with E-state index in [1.807, 2.05) is 0 Å². The molecule has 0 saturated heterocycles. The van der Waals surface area contributed by atoms with Gasteiger partial charge in [0.15, 0.2) is 0 Å². The second kappa shape index (κ2) is 4.65. The lowest BCUT2D eigenvalue weighted by Gasteiger charge is -2.27. The smallest absolute Gasteiger partial charge is 0.274 e. The van der Waals surface area contributed by atoms with Gasteiger partial charge in [-0.2, -0.15) is 0 Å². The molecule has 0 fully saturated rings. The molecule has 0 saturated carbocycles. The lowest BCUT2D eigenvalue weighted by molar-refractivity contribution is -0.118. The van der Waals surface area contributed by atoms with Crippen LogP contribution in [0.15, 0.2) is 18.2 Å². The van der Waals surface area contributed by atoms with Crippen molar-refractivity contribution in [2.24, 2.45) is 5.73 Å². The van der Waals surface area contributed by atoms with Gasteiger partial charge in [-0.1, -0.05) is 6.07 Å². The minimum atomic E-state index is -2.90. The van der Waals surface area contributed by atoms with Gasteiger partial charge in [0.2, 0.25) is 5.91 Å². The molecule has 0 bridgehead atoms. The molecule has 2 N–H and O–H groups in total. The minimum absolute atomic E-state index is 0.0176. The van der Waals surface area contributed by atoms with Gasteiger partial charge in [-0.15, -0.1) is 0 Å². The normalized spacial score (nSPS) is 15.8. The summed E-state index contributed by atoms with van der Waals surface area (Å²) in [7, 11) is 1.66. The van der Waals surface area contributed by atoms with E-state index in [0.717, 1.165) is 11.3 Å². The van der Waals surface area contributed by atoms with Crippen LogP contribution in [0.3, 0.4) is 0 Å². The molecular formula is C13H16F2N2O. The highest BCUT2D eigenvalue weighted by Crippen LogP contribution is 2.35. The number of carbonyl (C=O) groups excluding carboxylic acids is 1. The van der Waals surface area contributed by atoms with Crippen molar-refractivity contribution in [2.45, 2.75) is 25.2 Å². The highest BCUT2D eigenvalue weighted by Gasteiger charge is 2.32. The fraction of sp³-hybridized carbons (Fsp3) is 0.462. The van der Waals surface area contributed by atoms with Crippen LogP contribution in [0.1, 0.15) is 24.0 Å². The van der Waals surface area contributed by atoms with Crippen LogP contribution in [0.25, 0.3) is 0 Å². The highest BCUT2D eigenvalue weighted by atomic mass is 19.3. The first kappa shape index (κ1) is 13.0. The maximum Gasteiger partial charge on any atom is 0.274 e. The summed E-state index contributed by atoms with van der Waals surface area (Å²) in [5, 5.41) is 0. The van der Waals surface area contributed by atoms with Crippen molar-refractivity contribution >= 4 is 11.6 Å². The van der Waals surface area contributed by atoms with Crippen molar-refractivity contribution in [2.75, 3.05) is 18.5 Å². The number of hydrogen-bond acceptors (Lipinski definition) is 2. The molecule has 0 radical (unpaired) electrons. The molecule has 1 heterocycles. The number of nitrogens with zero attached hydrogens (tertiary/aromatic N) is 1. The lowest BCUT2D eigenvalue weighted by atomic mass is 9.96. The number of carbonyl (C=O) groups is 1. The molecule has 0 aromatic heterocycles. The van der Waals surface area contributed by atoms with E-state index >= 15 is 0 Å². The third-order valence-corrected chi connectivity index (χ3v) is 3.30. The van der Waals surface area contributed by atoms with Crippen LogP contribution in [-0.4, -0.2) is 19.5 Å². The topological polar surface area (TPSA) is 46.3 Å². The van der Waals surface area contributed by atoms with Crippen molar-refractivity contribution < 1.29 is 13.6 Å². The molecule has 1 aromatic carbocycles. The van der Waals surface area contributed by atoms with Gasteiger partial charge in [0.25, 0.3) is 5.92 Å². The average molecular weight is 254 g/mol. The number of halogens is 2.